The molecule has 1 aliphatic heterocycles. The third-order valence-electron chi connectivity index (χ3n) is 2.76. The molecule has 0 N–H and O–H groups in total. The minimum Gasteiger partial charge on any atom is -0.486 e. The summed E-state index contributed by atoms with van der Waals surface area (Å²) in [5.74, 6) is 1.18. The van der Waals surface area contributed by atoms with Crippen LogP contribution in [0.25, 0.3) is 0 Å². The summed E-state index contributed by atoms with van der Waals surface area (Å²) in [5, 5.41) is 0.0270. The Labute approximate surface area is 125 Å². The minimum atomic E-state index is -2.47. The lowest BCUT2D eigenvalue weighted by Gasteiger charge is -2.21. The Hall–Kier alpha value is -0.780. The maximum absolute atomic E-state index is 11.9. The minimum absolute atomic E-state index is 0.142. The van der Waals surface area contributed by atoms with Gasteiger partial charge in [-0.2, -0.15) is 0 Å². The first-order valence-corrected chi connectivity index (χ1v) is 6.98. The molecule has 0 radical (unpaired) electrons. The molecular formula is C13H14Cl2F2O3. The number of alkyl halides is 3. The zero-order chi connectivity index (χ0) is 14.5. The largest absolute Gasteiger partial charge is 0.486 e. The molecular weight excluding hydrogens is 313 g/mol. The Bertz CT molecular complexity index is 457. The van der Waals surface area contributed by atoms with E-state index >= 15 is 0 Å². The molecule has 112 valence electrons. The van der Waals surface area contributed by atoms with Crippen molar-refractivity contribution < 1.29 is 23.0 Å². The Morgan fingerprint density at radius 3 is 2.50 bits per heavy atom. The van der Waals surface area contributed by atoms with Crippen LogP contribution in [0.4, 0.5) is 8.78 Å². The summed E-state index contributed by atoms with van der Waals surface area (Å²) in [4.78, 5) is 0. The van der Waals surface area contributed by atoms with E-state index in [0.717, 1.165) is 0 Å². The van der Waals surface area contributed by atoms with E-state index in [1.807, 2.05) is 0 Å². The molecule has 1 aromatic rings. The first-order chi connectivity index (χ1) is 9.58. The molecule has 20 heavy (non-hydrogen) atoms. The van der Waals surface area contributed by atoms with Crippen molar-refractivity contribution in [3.8, 4) is 11.5 Å². The van der Waals surface area contributed by atoms with Crippen LogP contribution >= 0.6 is 23.2 Å². The molecule has 0 fully saturated rings. The predicted octanol–water partition coefficient (Wildman–Crippen LogP) is 4.06. The number of fused-ring (bicyclic) bond motifs is 1. The van der Waals surface area contributed by atoms with E-state index in [4.69, 9.17) is 37.4 Å². The number of hydrogen-bond acceptors (Lipinski definition) is 3. The van der Waals surface area contributed by atoms with Crippen molar-refractivity contribution in [3.63, 3.8) is 0 Å². The summed E-state index contributed by atoms with van der Waals surface area (Å²) in [6, 6.07) is 3.38. The van der Waals surface area contributed by atoms with Gasteiger partial charge in [0.2, 0.25) is 0 Å². The van der Waals surface area contributed by atoms with E-state index in [9.17, 15) is 8.78 Å². The quantitative estimate of drug-likeness (QED) is 0.582. The van der Waals surface area contributed by atoms with Crippen LogP contribution < -0.4 is 9.47 Å². The van der Waals surface area contributed by atoms with E-state index in [1.54, 1.807) is 12.1 Å². The van der Waals surface area contributed by atoms with Gasteiger partial charge in [-0.1, -0.05) is 11.6 Å². The van der Waals surface area contributed by atoms with Crippen LogP contribution in [0, 0.1) is 0 Å². The van der Waals surface area contributed by atoms with Crippen molar-refractivity contribution in [2.24, 2.45) is 0 Å². The smallest absolute Gasteiger partial charge is 0.261 e. The van der Waals surface area contributed by atoms with Crippen molar-refractivity contribution in [2.45, 2.75) is 18.2 Å². The SMILES string of the molecule is FC(F)COCCC(Cl)c1cc2c(cc1Cl)OCCO2. The first-order valence-electron chi connectivity index (χ1n) is 6.17. The number of ether oxygens (including phenoxy) is 3. The molecule has 0 saturated carbocycles. The second-order valence-corrected chi connectivity index (χ2v) is 5.17. The normalized spacial score (nSPS) is 15.4. The molecule has 1 atom stereocenters. The molecule has 0 amide bonds. The van der Waals surface area contributed by atoms with E-state index in [0.29, 0.717) is 41.7 Å². The summed E-state index contributed by atoms with van der Waals surface area (Å²) in [6.07, 6.45) is -2.09. The van der Waals surface area contributed by atoms with Crippen LogP contribution in [0.5, 0.6) is 11.5 Å². The lowest BCUT2D eigenvalue weighted by molar-refractivity contribution is 0.0165. The Morgan fingerprint density at radius 2 is 1.85 bits per heavy atom. The molecule has 1 heterocycles. The maximum atomic E-state index is 11.9. The molecule has 1 unspecified atom stereocenters. The van der Waals surface area contributed by atoms with Crippen molar-refractivity contribution in [1.29, 1.82) is 0 Å². The van der Waals surface area contributed by atoms with Gasteiger partial charge in [0.25, 0.3) is 6.43 Å². The lowest BCUT2D eigenvalue weighted by atomic mass is 10.1. The van der Waals surface area contributed by atoms with E-state index in [2.05, 4.69) is 0 Å². The fourth-order valence-electron chi connectivity index (χ4n) is 1.83. The standard InChI is InChI=1S/C13H14Cl2F2O3/c14-9(1-2-18-7-13(16)17)8-5-11-12(6-10(8)15)20-4-3-19-11/h5-6,9,13H,1-4,7H2. The maximum Gasteiger partial charge on any atom is 0.261 e. The zero-order valence-corrected chi connectivity index (χ0v) is 12.1. The molecule has 0 bridgehead atoms. The number of halogens is 4. The van der Waals surface area contributed by atoms with Gasteiger partial charge in [-0.05, 0) is 18.1 Å². The van der Waals surface area contributed by atoms with Crippen molar-refractivity contribution >= 4 is 23.2 Å². The molecule has 3 nitrogen and oxygen atoms in total. The van der Waals surface area contributed by atoms with Crippen LogP contribution in [0.1, 0.15) is 17.4 Å². The highest BCUT2D eigenvalue weighted by atomic mass is 35.5. The topological polar surface area (TPSA) is 27.7 Å². The Balaban J connectivity index is 1.97. The van der Waals surface area contributed by atoms with Gasteiger partial charge >= 0.3 is 0 Å². The van der Waals surface area contributed by atoms with Crippen molar-refractivity contribution in [1.82, 2.24) is 0 Å². The summed E-state index contributed by atoms with van der Waals surface area (Å²) in [7, 11) is 0. The van der Waals surface area contributed by atoms with Gasteiger partial charge < -0.3 is 14.2 Å². The van der Waals surface area contributed by atoms with Gasteiger partial charge in [-0.3, -0.25) is 0 Å². The number of rotatable bonds is 6. The van der Waals surface area contributed by atoms with Gasteiger partial charge in [0, 0.05) is 17.7 Å². The Morgan fingerprint density at radius 1 is 1.20 bits per heavy atom. The Kier molecular flexibility index (Phi) is 5.69. The van der Waals surface area contributed by atoms with Crippen LogP contribution in [0.2, 0.25) is 5.02 Å². The summed E-state index contributed by atoms with van der Waals surface area (Å²) in [6.45, 7) is 0.509. The fraction of sp³-hybridized carbons (Fsp3) is 0.538. The van der Waals surface area contributed by atoms with Crippen LogP contribution in [-0.2, 0) is 4.74 Å². The number of hydrogen-bond donors (Lipinski definition) is 0. The van der Waals surface area contributed by atoms with E-state index in [1.165, 1.54) is 0 Å². The third kappa shape index (κ3) is 4.11. The van der Waals surface area contributed by atoms with E-state index < -0.39 is 18.4 Å². The zero-order valence-electron chi connectivity index (χ0n) is 10.6. The van der Waals surface area contributed by atoms with Crippen LogP contribution in [-0.4, -0.2) is 32.9 Å². The molecule has 0 spiro atoms. The molecule has 1 aliphatic rings. The van der Waals surface area contributed by atoms with Crippen molar-refractivity contribution in [2.75, 3.05) is 26.4 Å². The van der Waals surface area contributed by atoms with Gasteiger partial charge in [0.15, 0.2) is 11.5 Å². The molecule has 2 rings (SSSR count). The highest BCUT2D eigenvalue weighted by Gasteiger charge is 2.19. The predicted molar refractivity (Wildman–Crippen MR) is 72.5 cm³/mol. The highest BCUT2D eigenvalue weighted by Crippen LogP contribution is 2.40. The molecule has 0 aliphatic carbocycles. The van der Waals surface area contributed by atoms with Gasteiger partial charge in [0.05, 0.1) is 5.38 Å². The summed E-state index contributed by atoms with van der Waals surface area (Å²) < 4.78 is 39.5. The highest BCUT2D eigenvalue weighted by molar-refractivity contribution is 6.33. The summed E-state index contributed by atoms with van der Waals surface area (Å²) >= 11 is 12.4. The monoisotopic (exact) mass is 326 g/mol. The van der Waals surface area contributed by atoms with Gasteiger partial charge in [0.1, 0.15) is 19.8 Å². The lowest BCUT2D eigenvalue weighted by Crippen LogP contribution is -2.15. The average molecular weight is 327 g/mol. The van der Waals surface area contributed by atoms with Gasteiger partial charge in [-0.15, -0.1) is 11.6 Å². The fourth-order valence-corrected chi connectivity index (χ4v) is 2.45. The second kappa shape index (κ2) is 7.29. The van der Waals surface area contributed by atoms with E-state index in [-0.39, 0.29) is 6.61 Å². The summed E-state index contributed by atoms with van der Waals surface area (Å²) in [5.41, 5.74) is 0.679. The van der Waals surface area contributed by atoms with Crippen LogP contribution in [0.3, 0.4) is 0 Å². The van der Waals surface area contributed by atoms with Crippen molar-refractivity contribution in [3.05, 3.63) is 22.7 Å². The number of benzene rings is 1. The second-order valence-electron chi connectivity index (χ2n) is 4.24. The third-order valence-corrected chi connectivity index (χ3v) is 3.54. The molecule has 0 aromatic heterocycles. The van der Waals surface area contributed by atoms with Crippen LogP contribution in [0.15, 0.2) is 12.1 Å². The first kappa shape index (κ1) is 15.6. The molecule has 0 saturated heterocycles. The average Bonchev–Trinajstić information content (AvgIpc) is 2.42. The molecule has 1 aromatic carbocycles. The molecule has 7 heteroatoms. The van der Waals surface area contributed by atoms with Gasteiger partial charge in [-0.25, -0.2) is 8.78 Å².